The van der Waals surface area contributed by atoms with Crippen LogP contribution in [-0.2, 0) is 12.8 Å². The van der Waals surface area contributed by atoms with Gasteiger partial charge >= 0.3 is 0 Å². The van der Waals surface area contributed by atoms with Crippen molar-refractivity contribution < 1.29 is 5.11 Å². The molecule has 0 radical (unpaired) electrons. The Morgan fingerprint density at radius 2 is 1.53 bits per heavy atom. The molecule has 1 N–H and O–H groups in total. The summed E-state index contributed by atoms with van der Waals surface area (Å²) >= 11 is 0. The second-order valence-electron chi connectivity index (χ2n) is 5.98. The lowest BCUT2D eigenvalue weighted by atomic mass is 9.98. The van der Waals surface area contributed by atoms with Crippen LogP contribution in [0.15, 0.2) is 0 Å². The number of aromatic hydroxyl groups is 1. The van der Waals surface area contributed by atoms with Crippen LogP contribution in [0.25, 0.3) is 0 Å². The predicted molar refractivity (Wildman–Crippen MR) is 71.4 cm³/mol. The van der Waals surface area contributed by atoms with Crippen molar-refractivity contribution in [2.24, 2.45) is 11.8 Å². The largest absolute Gasteiger partial charge is 0.493 e. The minimum atomic E-state index is 0.210. The molecule has 0 fully saturated rings. The van der Waals surface area contributed by atoms with Gasteiger partial charge in [0.25, 0.3) is 0 Å². The lowest BCUT2D eigenvalue weighted by molar-refractivity contribution is 0.371. The molecule has 0 saturated carbocycles. The van der Waals surface area contributed by atoms with Gasteiger partial charge in [0, 0.05) is 5.56 Å². The summed E-state index contributed by atoms with van der Waals surface area (Å²) < 4.78 is 1.75. The Kier molecular flexibility index (Phi) is 4.61. The van der Waals surface area contributed by atoms with Gasteiger partial charge in [-0.1, -0.05) is 27.7 Å². The summed E-state index contributed by atoms with van der Waals surface area (Å²) in [5.41, 5.74) is 2.11. The molecule has 17 heavy (non-hydrogen) atoms. The van der Waals surface area contributed by atoms with Crippen molar-refractivity contribution in [3.63, 3.8) is 0 Å². The first-order chi connectivity index (χ1) is 7.82. The predicted octanol–water partition coefficient (Wildman–Crippen LogP) is 3.57. The molecule has 0 bridgehead atoms. The van der Waals surface area contributed by atoms with Crippen LogP contribution < -0.4 is 0 Å². The Labute approximate surface area is 105 Å². The highest BCUT2D eigenvalue weighted by molar-refractivity contribution is 5.32. The molecule has 98 valence electrons. The van der Waals surface area contributed by atoms with E-state index in [1.807, 2.05) is 13.8 Å². The third-order valence-corrected chi connectivity index (χ3v) is 2.77. The van der Waals surface area contributed by atoms with E-state index in [2.05, 4.69) is 32.8 Å². The van der Waals surface area contributed by atoms with Gasteiger partial charge in [0.15, 0.2) is 0 Å². The van der Waals surface area contributed by atoms with Gasteiger partial charge < -0.3 is 5.11 Å². The average molecular weight is 238 g/mol. The van der Waals surface area contributed by atoms with E-state index in [0.29, 0.717) is 17.7 Å². The molecule has 0 unspecified atom stereocenters. The summed E-state index contributed by atoms with van der Waals surface area (Å²) in [5, 5.41) is 14.8. The number of hydrogen-bond acceptors (Lipinski definition) is 2. The standard InChI is InChI=1S/C14H26N2O/c1-9(2)7-12-13(8-10(3)4)15-16(11(5)6)14(12)17/h9-11,17H,7-8H2,1-6H3. The molecule has 0 spiro atoms. The molecule has 0 aromatic carbocycles. The Balaban J connectivity index is 3.12. The zero-order valence-electron chi connectivity index (χ0n) is 12.0. The van der Waals surface area contributed by atoms with Crippen LogP contribution in [0.1, 0.15) is 58.8 Å². The molecule has 0 aliphatic carbocycles. The minimum Gasteiger partial charge on any atom is -0.493 e. The van der Waals surface area contributed by atoms with Crippen molar-refractivity contribution in [3.8, 4) is 5.88 Å². The number of hydrogen-bond donors (Lipinski definition) is 1. The maximum absolute atomic E-state index is 10.2. The first-order valence-electron chi connectivity index (χ1n) is 6.62. The van der Waals surface area contributed by atoms with Gasteiger partial charge in [-0.3, -0.25) is 0 Å². The van der Waals surface area contributed by atoms with Gasteiger partial charge in [0.2, 0.25) is 5.88 Å². The molecule has 0 saturated heterocycles. The molecule has 3 heteroatoms. The van der Waals surface area contributed by atoms with Crippen LogP contribution in [0.3, 0.4) is 0 Å². The fourth-order valence-corrected chi connectivity index (χ4v) is 2.03. The van der Waals surface area contributed by atoms with Crippen molar-refractivity contribution in [3.05, 3.63) is 11.3 Å². The van der Waals surface area contributed by atoms with Gasteiger partial charge in [-0.25, -0.2) is 4.68 Å². The van der Waals surface area contributed by atoms with E-state index in [0.717, 1.165) is 24.1 Å². The summed E-state index contributed by atoms with van der Waals surface area (Å²) in [5.74, 6) is 1.47. The fraction of sp³-hybridized carbons (Fsp3) is 0.786. The highest BCUT2D eigenvalue weighted by Crippen LogP contribution is 2.28. The molecule has 1 aromatic rings. The van der Waals surface area contributed by atoms with Gasteiger partial charge in [0.05, 0.1) is 11.7 Å². The van der Waals surface area contributed by atoms with Gasteiger partial charge in [-0.05, 0) is 38.5 Å². The first kappa shape index (κ1) is 14.1. The first-order valence-corrected chi connectivity index (χ1v) is 6.62. The molecule has 3 nitrogen and oxygen atoms in total. The number of nitrogens with zero attached hydrogens (tertiary/aromatic N) is 2. The summed E-state index contributed by atoms with van der Waals surface area (Å²) in [4.78, 5) is 0. The molecular formula is C14H26N2O. The highest BCUT2D eigenvalue weighted by Gasteiger charge is 2.20. The van der Waals surface area contributed by atoms with Gasteiger partial charge in [0.1, 0.15) is 0 Å². The Morgan fingerprint density at radius 3 is 1.94 bits per heavy atom. The SMILES string of the molecule is CC(C)Cc1nn(C(C)C)c(O)c1CC(C)C. The zero-order valence-corrected chi connectivity index (χ0v) is 12.0. The topological polar surface area (TPSA) is 38.0 Å². The van der Waals surface area contributed by atoms with E-state index in [-0.39, 0.29) is 6.04 Å². The second-order valence-corrected chi connectivity index (χ2v) is 5.98. The van der Waals surface area contributed by atoms with Gasteiger partial charge in [-0.15, -0.1) is 0 Å². The second kappa shape index (κ2) is 5.56. The molecule has 0 aliphatic heterocycles. The van der Waals surface area contributed by atoms with Crippen molar-refractivity contribution >= 4 is 0 Å². The molecule has 1 aromatic heterocycles. The van der Waals surface area contributed by atoms with E-state index in [9.17, 15) is 5.11 Å². The van der Waals surface area contributed by atoms with Crippen LogP contribution in [0, 0.1) is 11.8 Å². The average Bonchev–Trinajstić information content (AvgIpc) is 2.44. The van der Waals surface area contributed by atoms with Crippen molar-refractivity contribution in [1.29, 1.82) is 0 Å². The molecular weight excluding hydrogens is 212 g/mol. The third kappa shape index (κ3) is 3.48. The third-order valence-electron chi connectivity index (χ3n) is 2.77. The van der Waals surface area contributed by atoms with E-state index in [1.165, 1.54) is 0 Å². The monoisotopic (exact) mass is 238 g/mol. The van der Waals surface area contributed by atoms with Crippen LogP contribution in [0.2, 0.25) is 0 Å². The molecule has 0 amide bonds. The van der Waals surface area contributed by atoms with Gasteiger partial charge in [-0.2, -0.15) is 5.10 Å². The van der Waals surface area contributed by atoms with E-state index < -0.39 is 0 Å². The van der Waals surface area contributed by atoms with E-state index in [1.54, 1.807) is 4.68 Å². The number of rotatable bonds is 5. The lowest BCUT2D eigenvalue weighted by Crippen LogP contribution is -2.04. The summed E-state index contributed by atoms with van der Waals surface area (Å²) in [6.45, 7) is 12.8. The fourth-order valence-electron chi connectivity index (χ4n) is 2.03. The molecule has 1 heterocycles. The normalized spacial score (nSPS) is 12.1. The Bertz CT molecular complexity index is 365. The maximum Gasteiger partial charge on any atom is 0.213 e. The summed E-state index contributed by atoms with van der Waals surface area (Å²) in [7, 11) is 0. The smallest absolute Gasteiger partial charge is 0.213 e. The van der Waals surface area contributed by atoms with Crippen molar-refractivity contribution in [2.75, 3.05) is 0 Å². The number of aromatic nitrogens is 2. The summed E-state index contributed by atoms with van der Waals surface area (Å²) in [6, 6.07) is 0.210. The molecule has 1 rings (SSSR count). The van der Waals surface area contributed by atoms with E-state index >= 15 is 0 Å². The Hall–Kier alpha value is -0.990. The van der Waals surface area contributed by atoms with Crippen LogP contribution in [0.5, 0.6) is 5.88 Å². The Morgan fingerprint density at radius 1 is 1.00 bits per heavy atom. The minimum absolute atomic E-state index is 0.210. The lowest BCUT2D eigenvalue weighted by Gasteiger charge is -2.08. The van der Waals surface area contributed by atoms with Crippen molar-refractivity contribution in [1.82, 2.24) is 9.78 Å². The van der Waals surface area contributed by atoms with Crippen molar-refractivity contribution in [2.45, 2.75) is 60.4 Å². The van der Waals surface area contributed by atoms with Crippen LogP contribution in [-0.4, -0.2) is 14.9 Å². The zero-order chi connectivity index (χ0) is 13.2. The quantitative estimate of drug-likeness (QED) is 0.851. The van der Waals surface area contributed by atoms with Crippen LogP contribution >= 0.6 is 0 Å². The summed E-state index contributed by atoms with van der Waals surface area (Å²) in [6.07, 6.45) is 1.84. The van der Waals surface area contributed by atoms with E-state index in [4.69, 9.17) is 0 Å². The molecule has 0 aliphatic rings. The molecule has 0 atom stereocenters. The maximum atomic E-state index is 10.2. The highest BCUT2D eigenvalue weighted by atomic mass is 16.3. The van der Waals surface area contributed by atoms with Crippen LogP contribution in [0.4, 0.5) is 0 Å².